The average molecular weight is 274 g/mol. The lowest BCUT2D eigenvalue weighted by atomic mass is 9.81. The zero-order chi connectivity index (χ0) is 14.2. The van der Waals surface area contributed by atoms with E-state index in [9.17, 15) is 9.90 Å². The van der Waals surface area contributed by atoms with Crippen LogP contribution in [-0.2, 0) is 6.54 Å². The summed E-state index contributed by atoms with van der Waals surface area (Å²) < 4.78 is 0. The Kier molecular flexibility index (Phi) is 3.42. The van der Waals surface area contributed by atoms with Crippen LogP contribution in [0.1, 0.15) is 43.2 Å². The topological polar surface area (TPSA) is 52.6 Å². The summed E-state index contributed by atoms with van der Waals surface area (Å²) in [6.07, 6.45) is 4.40. The highest BCUT2D eigenvalue weighted by Crippen LogP contribution is 2.36. The first-order valence-electron chi connectivity index (χ1n) is 7.43. The Labute approximate surface area is 119 Å². The van der Waals surface area contributed by atoms with Gasteiger partial charge in [0.25, 0.3) is 0 Å². The minimum Gasteiger partial charge on any atom is -0.371 e. The number of nitrogens with one attached hydrogen (secondary N) is 1. The van der Waals surface area contributed by atoms with Crippen LogP contribution < -0.4 is 5.32 Å². The maximum absolute atomic E-state index is 12.2. The molecule has 3 rings (SSSR count). The summed E-state index contributed by atoms with van der Waals surface area (Å²) >= 11 is 0. The molecule has 2 amide bonds. The Morgan fingerprint density at radius 1 is 1.25 bits per heavy atom. The quantitative estimate of drug-likeness (QED) is 0.870. The Bertz CT molecular complexity index is 492. The maximum Gasteiger partial charge on any atom is 0.320 e. The molecule has 1 aliphatic carbocycles. The summed E-state index contributed by atoms with van der Waals surface area (Å²) in [7, 11) is 0. The van der Waals surface area contributed by atoms with Gasteiger partial charge in [0.2, 0.25) is 0 Å². The highest BCUT2D eigenvalue weighted by atomic mass is 16.3. The Morgan fingerprint density at radius 3 is 2.55 bits per heavy atom. The van der Waals surface area contributed by atoms with Gasteiger partial charge in [-0.15, -0.1) is 0 Å². The molecule has 1 unspecified atom stereocenters. The molecule has 1 aromatic rings. The molecule has 1 aliphatic heterocycles. The number of hydrogen-bond acceptors (Lipinski definition) is 2. The molecular weight excluding hydrogens is 252 g/mol. The largest absolute Gasteiger partial charge is 0.371 e. The van der Waals surface area contributed by atoms with Crippen molar-refractivity contribution in [2.75, 3.05) is 0 Å². The zero-order valence-electron chi connectivity index (χ0n) is 11.9. The van der Waals surface area contributed by atoms with Crippen LogP contribution in [0.25, 0.3) is 0 Å². The van der Waals surface area contributed by atoms with Gasteiger partial charge in [-0.25, -0.2) is 4.79 Å². The van der Waals surface area contributed by atoms with Crippen LogP contribution in [0.3, 0.4) is 0 Å². The van der Waals surface area contributed by atoms with E-state index in [-0.39, 0.29) is 6.03 Å². The smallest absolute Gasteiger partial charge is 0.320 e. The van der Waals surface area contributed by atoms with E-state index < -0.39 is 11.8 Å². The van der Waals surface area contributed by atoms with Crippen LogP contribution in [0.5, 0.6) is 0 Å². The van der Waals surface area contributed by atoms with Gasteiger partial charge in [-0.3, -0.25) is 4.90 Å². The van der Waals surface area contributed by atoms with Gasteiger partial charge in [0.15, 0.2) is 6.23 Å². The number of benzene rings is 1. The molecule has 2 aliphatic rings. The molecule has 1 aromatic carbocycles. The van der Waals surface area contributed by atoms with Crippen LogP contribution in [0, 0.1) is 6.92 Å². The molecule has 4 heteroatoms. The van der Waals surface area contributed by atoms with E-state index in [1.165, 1.54) is 12.0 Å². The van der Waals surface area contributed by atoms with Gasteiger partial charge in [-0.1, -0.05) is 49.1 Å². The number of urea groups is 1. The number of aryl methyl sites for hydroxylation is 1. The van der Waals surface area contributed by atoms with E-state index >= 15 is 0 Å². The molecule has 108 valence electrons. The van der Waals surface area contributed by atoms with E-state index in [4.69, 9.17) is 0 Å². The van der Waals surface area contributed by atoms with Gasteiger partial charge in [-0.2, -0.15) is 0 Å². The molecule has 1 spiro atoms. The third-order valence-corrected chi connectivity index (χ3v) is 4.63. The van der Waals surface area contributed by atoms with Crippen molar-refractivity contribution in [3.8, 4) is 0 Å². The number of hydrogen-bond donors (Lipinski definition) is 2. The zero-order valence-corrected chi connectivity index (χ0v) is 11.9. The van der Waals surface area contributed by atoms with Gasteiger partial charge in [0.05, 0.1) is 12.1 Å². The minimum atomic E-state index is -0.711. The number of carbonyl (C=O) groups excluding carboxylic acids is 1. The molecule has 0 radical (unpaired) electrons. The first-order chi connectivity index (χ1) is 9.61. The van der Waals surface area contributed by atoms with Crippen molar-refractivity contribution >= 4 is 6.03 Å². The molecule has 0 bridgehead atoms. The van der Waals surface area contributed by atoms with E-state index in [0.717, 1.165) is 31.2 Å². The fourth-order valence-electron chi connectivity index (χ4n) is 3.37. The normalized spacial score (nSPS) is 25.0. The lowest BCUT2D eigenvalue weighted by Crippen LogP contribution is -2.51. The van der Waals surface area contributed by atoms with E-state index in [1.807, 2.05) is 31.2 Å². The van der Waals surface area contributed by atoms with Gasteiger partial charge in [0.1, 0.15) is 0 Å². The lowest BCUT2D eigenvalue weighted by molar-refractivity contribution is -0.0161. The lowest BCUT2D eigenvalue weighted by Gasteiger charge is -2.36. The number of aliphatic hydroxyl groups is 1. The van der Waals surface area contributed by atoms with Crippen molar-refractivity contribution in [1.82, 2.24) is 10.2 Å². The van der Waals surface area contributed by atoms with Crippen LogP contribution >= 0.6 is 0 Å². The van der Waals surface area contributed by atoms with Gasteiger partial charge in [-0.05, 0) is 25.3 Å². The van der Waals surface area contributed by atoms with E-state index in [2.05, 4.69) is 5.32 Å². The van der Waals surface area contributed by atoms with Crippen LogP contribution in [0.2, 0.25) is 0 Å². The number of amides is 2. The SMILES string of the molecule is Cc1ccc(CN2C(=O)NC3(CCCCC3)C2O)cc1. The molecule has 2 N–H and O–H groups in total. The summed E-state index contributed by atoms with van der Waals surface area (Å²) in [4.78, 5) is 13.7. The third-order valence-electron chi connectivity index (χ3n) is 4.63. The van der Waals surface area contributed by atoms with Crippen molar-refractivity contribution < 1.29 is 9.90 Å². The standard InChI is InChI=1S/C16H22N2O2/c1-12-5-7-13(8-6-12)11-18-14(19)16(17-15(18)20)9-3-2-4-10-16/h5-8,14,19H,2-4,9-11H2,1H3,(H,17,20). The second-order valence-electron chi connectivity index (χ2n) is 6.13. The summed E-state index contributed by atoms with van der Waals surface area (Å²) in [6, 6.07) is 7.96. The van der Waals surface area contributed by atoms with Crippen molar-refractivity contribution in [3.05, 3.63) is 35.4 Å². The summed E-state index contributed by atoms with van der Waals surface area (Å²) in [5.41, 5.74) is 1.83. The Morgan fingerprint density at radius 2 is 1.90 bits per heavy atom. The second kappa shape index (κ2) is 5.09. The fraction of sp³-hybridized carbons (Fsp3) is 0.562. The van der Waals surface area contributed by atoms with Crippen LogP contribution in [0.15, 0.2) is 24.3 Å². The maximum atomic E-state index is 12.2. The highest BCUT2D eigenvalue weighted by molar-refractivity contribution is 5.78. The first-order valence-corrected chi connectivity index (χ1v) is 7.43. The molecule has 2 fully saturated rings. The van der Waals surface area contributed by atoms with Gasteiger partial charge < -0.3 is 10.4 Å². The molecule has 1 saturated heterocycles. The third kappa shape index (κ3) is 2.29. The van der Waals surface area contributed by atoms with Crippen LogP contribution in [-0.4, -0.2) is 27.8 Å². The predicted octanol–water partition coefficient (Wildman–Crippen LogP) is 2.54. The van der Waals surface area contributed by atoms with E-state index in [0.29, 0.717) is 6.54 Å². The Balaban J connectivity index is 1.76. The van der Waals surface area contributed by atoms with Gasteiger partial charge in [0, 0.05) is 0 Å². The van der Waals surface area contributed by atoms with Crippen molar-refractivity contribution in [3.63, 3.8) is 0 Å². The summed E-state index contributed by atoms with van der Waals surface area (Å²) in [5.74, 6) is 0. The number of carbonyl (C=O) groups is 1. The van der Waals surface area contributed by atoms with Crippen molar-refractivity contribution in [1.29, 1.82) is 0 Å². The molecule has 1 heterocycles. The highest BCUT2D eigenvalue weighted by Gasteiger charge is 2.50. The Hall–Kier alpha value is -1.55. The predicted molar refractivity (Wildman–Crippen MR) is 77.1 cm³/mol. The average Bonchev–Trinajstić information content (AvgIpc) is 2.67. The van der Waals surface area contributed by atoms with E-state index in [1.54, 1.807) is 4.90 Å². The second-order valence-corrected chi connectivity index (χ2v) is 6.13. The first kappa shape index (κ1) is 13.4. The van der Waals surface area contributed by atoms with Crippen molar-refractivity contribution in [2.24, 2.45) is 0 Å². The molecule has 20 heavy (non-hydrogen) atoms. The number of nitrogens with zero attached hydrogens (tertiary/aromatic N) is 1. The molecule has 0 aromatic heterocycles. The molecule has 1 saturated carbocycles. The number of aliphatic hydroxyl groups excluding tert-OH is 1. The summed E-state index contributed by atoms with van der Waals surface area (Å²) in [6.45, 7) is 2.51. The monoisotopic (exact) mass is 274 g/mol. The van der Waals surface area contributed by atoms with Crippen molar-refractivity contribution in [2.45, 2.75) is 57.3 Å². The minimum absolute atomic E-state index is 0.139. The number of rotatable bonds is 2. The molecule has 4 nitrogen and oxygen atoms in total. The fourth-order valence-corrected chi connectivity index (χ4v) is 3.37. The molecule has 1 atom stereocenters. The summed E-state index contributed by atoms with van der Waals surface area (Å²) in [5, 5.41) is 13.6. The molecular formula is C16H22N2O2. The van der Waals surface area contributed by atoms with Crippen LogP contribution in [0.4, 0.5) is 4.79 Å². The van der Waals surface area contributed by atoms with Gasteiger partial charge >= 0.3 is 6.03 Å².